The highest BCUT2D eigenvalue weighted by Gasteiger charge is 2.17. The summed E-state index contributed by atoms with van der Waals surface area (Å²) in [6, 6.07) is 67.4. The molecule has 59 heavy (non-hydrogen) atoms. The van der Waals surface area contributed by atoms with Crippen molar-refractivity contribution in [1.29, 1.82) is 0 Å². The fraction of sp³-hybridized carbons (Fsp3) is 0. The predicted octanol–water partition coefficient (Wildman–Crippen LogP) is 14.1. The van der Waals surface area contributed by atoms with E-state index >= 15 is 0 Å². The maximum absolute atomic E-state index is 6.24. The van der Waals surface area contributed by atoms with Gasteiger partial charge in [-0.1, -0.05) is 146 Å². The van der Waals surface area contributed by atoms with Crippen molar-refractivity contribution in [3.8, 4) is 56.2 Å². The van der Waals surface area contributed by atoms with E-state index in [-0.39, 0.29) is 0 Å². The highest BCUT2D eigenvalue weighted by molar-refractivity contribution is 6.12. The summed E-state index contributed by atoms with van der Waals surface area (Å²) in [5, 5.41) is 6.35. The predicted molar refractivity (Wildman–Crippen MR) is 242 cm³/mol. The van der Waals surface area contributed by atoms with Crippen molar-refractivity contribution in [2.24, 2.45) is 0 Å². The quantitative estimate of drug-likeness (QED) is 0.164. The van der Waals surface area contributed by atoms with Gasteiger partial charge in [-0.3, -0.25) is 0 Å². The van der Waals surface area contributed by atoms with E-state index in [9.17, 15) is 0 Å². The summed E-state index contributed by atoms with van der Waals surface area (Å²) in [7, 11) is 0. The lowest BCUT2D eigenvalue weighted by molar-refractivity contribution is 0.669. The number of hydrogen-bond acceptors (Lipinski definition) is 5. The SMILES string of the molecule is c1ccc(-c2ccc3ccc4ccc(-c5cccc(-c6cc(-c7ccc8oc9ccccc9c8c7)c7ccc8ccc(-c9ccccc9)nc8c7n6)c5)nc4c3n2)cc1. The molecular weight excluding hydrogens is 721 g/mol. The Morgan fingerprint density at radius 3 is 1.42 bits per heavy atom. The largest absolute Gasteiger partial charge is 0.456 e. The van der Waals surface area contributed by atoms with Gasteiger partial charge < -0.3 is 4.42 Å². The van der Waals surface area contributed by atoms with Crippen molar-refractivity contribution in [2.45, 2.75) is 0 Å². The fourth-order valence-corrected chi connectivity index (χ4v) is 8.46. The van der Waals surface area contributed by atoms with E-state index in [1.807, 2.05) is 48.5 Å². The summed E-state index contributed by atoms with van der Waals surface area (Å²) < 4.78 is 6.24. The molecule has 7 aromatic carbocycles. The van der Waals surface area contributed by atoms with Gasteiger partial charge in [-0.25, -0.2) is 19.9 Å². The summed E-state index contributed by atoms with van der Waals surface area (Å²) in [6.07, 6.45) is 0. The third-order valence-electron chi connectivity index (χ3n) is 11.4. The zero-order chi connectivity index (χ0) is 38.9. The minimum Gasteiger partial charge on any atom is -0.456 e. The van der Waals surface area contributed by atoms with Crippen LogP contribution in [0.15, 0.2) is 199 Å². The Morgan fingerprint density at radius 2 is 0.763 bits per heavy atom. The molecule has 12 aromatic rings. The van der Waals surface area contributed by atoms with E-state index in [0.29, 0.717) is 0 Å². The van der Waals surface area contributed by atoms with Crippen molar-refractivity contribution >= 4 is 65.6 Å². The number of hydrogen-bond donors (Lipinski definition) is 0. The van der Waals surface area contributed by atoms with Crippen molar-refractivity contribution in [1.82, 2.24) is 19.9 Å². The van der Waals surface area contributed by atoms with E-state index in [1.54, 1.807) is 0 Å². The van der Waals surface area contributed by atoms with Crippen molar-refractivity contribution in [3.63, 3.8) is 0 Å². The minimum atomic E-state index is 0.853. The molecule has 12 rings (SSSR count). The van der Waals surface area contributed by atoms with Crippen LogP contribution in [-0.2, 0) is 0 Å². The third kappa shape index (κ3) is 5.63. The third-order valence-corrected chi connectivity index (χ3v) is 11.4. The number of aromatic nitrogens is 4. The number of pyridine rings is 4. The van der Waals surface area contributed by atoms with Gasteiger partial charge in [-0.15, -0.1) is 0 Å². The monoisotopic (exact) mass is 752 g/mol. The molecule has 0 saturated carbocycles. The number of para-hydroxylation sites is 1. The number of fused-ring (bicyclic) bond motifs is 9. The van der Waals surface area contributed by atoms with Crippen LogP contribution in [0, 0.1) is 0 Å². The second kappa shape index (κ2) is 13.3. The maximum Gasteiger partial charge on any atom is 0.135 e. The Bertz CT molecular complexity index is 3610. The molecule has 0 fully saturated rings. The molecule has 274 valence electrons. The van der Waals surface area contributed by atoms with Gasteiger partial charge in [0.1, 0.15) is 11.2 Å². The van der Waals surface area contributed by atoms with Crippen LogP contribution < -0.4 is 0 Å². The van der Waals surface area contributed by atoms with Gasteiger partial charge >= 0.3 is 0 Å². The van der Waals surface area contributed by atoms with Crippen LogP contribution in [0.2, 0.25) is 0 Å². The summed E-state index contributed by atoms with van der Waals surface area (Å²) in [4.78, 5) is 21.1. The zero-order valence-electron chi connectivity index (χ0n) is 31.7. The van der Waals surface area contributed by atoms with Crippen LogP contribution in [0.25, 0.3) is 122 Å². The van der Waals surface area contributed by atoms with Gasteiger partial charge in [0.25, 0.3) is 0 Å². The Kier molecular flexibility index (Phi) is 7.47. The lowest BCUT2D eigenvalue weighted by Crippen LogP contribution is -1.94. The molecule has 0 spiro atoms. The van der Waals surface area contributed by atoms with E-state index in [1.165, 1.54) is 0 Å². The molecule has 0 aliphatic rings. The van der Waals surface area contributed by atoms with E-state index < -0.39 is 0 Å². The first-order valence-electron chi connectivity index (χ1n) is 19.8. The average molecular weight is 753 g/mol. The van der Waals surface area contributed by atoms with Gasteiger partial charge in [0.15, 0.2) is 0 Å². The molecule has 0 aliphatic carbocycles. The molecule has 5 aromatic heterocycles. The first-order chi connectivity index (χ1) is 29.2. The van der Waals surface area contributed by atoms with E-state index in [4.69, 9.17) is 24.4 Å². The van der Waals surface area contributed by atoms with E-state index in [2.05, 4.69) is 146 Å². The molecule has 5 heterocycles. The molecule has 0 bridgehead atoms. The molecule has 0 N–H and O–H groups in total. The molecule has 0 unspecified atom stereocenters. The van der Waals surface area contributed by atoms with Crippen molar-refractivity contribution in [2.75, 3.05) is 0 Å². The van der Waals surface area contributed by atoms with Gasteiger partial charge in [0.05, 0.1) is 44.8 Å². The second-order valence-corrected chi connectivity index (χ2v) is 15.0. The topological polar surface area (TPSA) is 64.7 Å². The Hall–Kier alpha value is -8.02. The molecule has 0 radical (unpaired) electrons. The highest BCUT2D eigenvalue weighted by Crippen LogP contribution is 2.39. The van der Waals surface area contributed by atoms with Gasteiger partial charge in [-0.05, 0) is 59.7 Å². The smallest absolute Gasteiger partial charge is 0.135 e. The Balaban J connectivity index is 1.05. The van der Waals surface area contributed by atoms with Crippen LogP contribution >= 0.6 is 0 Å². The van der Waals surface area contributed by atoms with Crippen LogP contribution in [0.3, 0.4) is 0 Å². The highest BCUT2D eigenvalue weighted by atomic mass is 16.3. The summed E-state index contributed by atoms with van der Waals surface area (Å²) >= 11 is 0. The minimum absolute atomic E-state index is 0.853. The van der Waals surface area contributed by atoms with Crippen molar-refractivity contribution in [3.05, 3.63) is 194 Å². The number of furan rings is 1. The summed E-state index contributed by atoms with van der Waals surface area (Å²) in [6.45, 7) is 0. The lowest BCUT2D eigenvalue weighted by atomic mass is 9.95. The molecule has 0 aliphatic heterocycles. The van der Waals surface area contributed by atoms with Gasteiger partial charge in [0.2, 0.25) is 0 Å². The first-order valence-corrected chi connectivity index (χ1v) is 19.8. The molecule has 5 heteroatoms. The van der Waals surface area contributed by atoms with Crippen LogP contribution in [0.4, 0.5) is 0 Å². The molecule has 5 nitrogen and oxygen atoms in total. The summed E-state index contributed by atoms with van der Waals surface area (Å²) in [5.41, 5.74) is 15.1. The molecule has 0 amide bonds. The van der Waals surface area contributed by atoms with Crippen molar-refractivity contribution < 1.29 is 4.42 Å². The normalized spacial score (nSPS) is 11.7. The standard InChI is InChI=1S/C54H32N4O/c1-3-10-33(11-4-1)45-26-21-35-18-19-36-23-28-47(57-52(36)51(35)55-45)39-14-9-15-40(30-39)48-32-43(38-24-29-50-44(31-38)41-16-7-8-17-49(41)59-50)42-25-20-37-22-27-46(34-12-5-2-6-13-34)56-53(37)54(42)58-48/h1-32H. The number of nitrogens with zero attached hydrogens (tertiary/aromatic N) is 4. The molecule has 0 atom stereocenters. The fourth-order valence-electron chi connectivity index (χ4n) is 8.46. The van der Waals surface area contributed by atoms with Crippen LogP contribution in [-0.4, -0.2) is 19.9 Å². The first kappa shape index (κ1) is 33.2. The maximum atomic E-state index is 6.24. The summed E-state index contributed by atoms with van der Waals surface area (Å²) in [5.74, 6) is 0. The number of benzene rings is 7. The number of rotatable bonds is 5. The Labute approximate surface area is 338 Å². The Morgan fingerprint density at radius 1 is 0.271 bits per heavy atom. The molecule has 0 saturated heterocycles. The van der Waals surface area contributed by atoms with Crippen LogP contribution in [0.1, 0.15) is 0 Å². The average Bonchev–Trinajstić information content (AvgIpc) is 3.69. The molecular formula is C54H32N4O. The zero-order valence-corrected chi connectivity index (χ0v) is 31.7. The lowest BCUT2D eigenvalue weighted by Gasteiger charge is -2.14. The van der Waals surface area contributed by atoms with E-state index in [0.717, 1.165) is 122 Å². The van der Waals surface area contributed by atoms with Crippen LogP contribution in [0.5, 0.6) is 0 Å². The van der Waals surface area contributed by atoms with Gasteiger partial charge in [0, 0.05) is 54.6 Å². The second-order valence-electron chi connectivity index (χ2n) is 15.0. The van der Waals surface area contributed by atoms with Gasteiger partial charge in [-0.2, -0.15) is 0 Å².